The lowest BCUT2D eigenvalue weighted by atomic mass is 10.0. The summed E-state index contributed by atoms with van der Waals surface area (Å²) in [7, 11) is 3.15. The molecule has 0 aliphatic carbocycles. The number of rotatable bonds is 7. The minimum Gasteiger partial charge on any atom is -0.493 e. The Hall–Kier alpha value is -2.80. The number of amides is 2. The molecular weight excluding hydrogens is 423 g/mol. The number of likely N-dealkylation sites (tertiary alicyclic amines) is 1. The van der Waals surface area contributed by atoms with Gasteiger partial charge < -0.3 is 19.7 Å². The summed E-state index contributed by atoms with van der Waals surface area (Å²) in [6.07, 6.45) is 2.15. The molecule has 1 heterocycles. The molecule has 0 atom stereocenters. The maximum atomic E-state index is 14.0. The number of nitrogens with zero attached hydrogens (tertiary/aromatic N) is 1. The number of ether oxygens (including phenoxy) is 2. The molecule has 0 unspecified atom stereocenters. The fourth-order valence-corrected chi connectivity index (χ4v) is 3.92. The van der Waals surface area contributed by atoms with Crippen molar-refractivity contribution in [2.75, 3.05) is 27.3 Å². The average Bonchev–Trinajstić information content (AvgIpc) is 2.77. The van der Waals surface area contributed by atoms with Gasteiger partial charge in [-0.3, -0.25) is 9.59 Å². The van der Waals surface area contributed by atoms with Crippen LogP contribution in [0, 0.1) is 5.82 Å². The van der Waals surface area contributed by atoms with Gasteiger partial charge in [-0.25, -0.2) is 4.39 Å². The second kappa shape index (κ2) is 10.5. The maximum absolute atomic E-state index is 14.0. The summed E-state index contributed by atoms with van der Waals surface area (Å²) in [5.74, 6) is 0.196. The number of nitrogens with one attached hydrogen (secondary N) is 1. The molecule has 8 heteroatoms. The third kappa shape index (κ3) is 5.67. The van der Waals surface area contributed by atoms with Gasteiger partial charge in [-0.1, -0.05) is 23.7 Å². The first kappa shape index (κ1) is 22.9. The first-order chi connectivity index (χ1) is 14.9. The summed E-state index contributed by atoms with van der Waals surface area (Å²) < 4.78 is 24.5. The Balaban J connectivity index is 1.47. The normalized spacial score (nSPS) is 14.3. The summed E-state index contributed by atoms with van der Waals surface area (Å²) in [6.45, 7) is 0.869. The summed E-state index contributed by atoms with van der Waals surface area (Å²) in [6, 6.07) is 9.78. The van der Waals surface area contributed by atoms with Crippen LogP contribution >= 0.6 is 11.6 Å². The van der Waals surface area contributed by atoms with Gasteiger partial charge in [0.1, 0.15) is 5.82 Å². The van der Waals surface area contributed by atoms with Crippen LogP contribution in [0.5, 0.6) is 11.5 Å². The van der Waals surface area contributed by atoms with Crippen molar-refractivity contribution in [3.8, 4) is 11.5 Å². The first-order valence-electron chi connectivity index (χ1n) is 10.2. The molecule has 0 radical (unpaired) electrons. The van der Waals surface area contributed by atoms with E-state index in [-0.39, 0.29) is 22.5 Å². The van der Waals surface area contributed by atoms with E-state index in [2.05, 4.69) is 5.32 Å². The number of carbonyl (C=O) groups is 2. The van der Waals surface area contributed by atoms with Gasteiger partial charge in [0.25, 0.3) is 5.91 Å². The highest BCUT2D eigenvalue weighted by Gasteiger charge is 2.27. The highest BCUT2D eigenvalue weighted by atomic mass is 35.5. The minimum atomic E-state index is -0.622. The van der Waals surface area contributed by atoms with Crippen molar-refractivity contribution < 1.29 is 23.5 Å². The highest BCUT2D eigenvalue weighted by Crippen LogP contribution is 2.28. The monoisotopic (exact) mass is 448 g/mol. The zero-order valence-electron chi connectivity index (χ0n) is 17.6. The number of methoxy groups -OCH3 is 2. The third-order valence-electron chi connectivity index (χ3n) is 5.41. The van der Waals surface area contributed by atoms with Crippen molar-refractivity contribution >= 4 is 23.4 Å². The van der Waals surface area contributed by atoms with Crippen molar-refractivity contribution in [3.05, 3.63) is 58.4 Å². The lowest BCUT2D eigenvalue weighted by molar-refractivity contribution is -0.122. The zero-order chi connectivity index (χ0) is 22.4. The largest absolute Gasteiger partial charge is 0.493 e. The number of hydrogen-bond acceptors (Lipinski definition) is 4. The standard InChI is InChI=1S/C23H26ClFN2O4/c1-30-19-8-6-15(14-20(19)31-2)7-9-21(28)26-16-10-12-27(13-11-16)23(29)22-17(24)4-3-5-18(22)25/h3-6,8,14,16H,7,9-13H2,1-2H3,(H,26,28). The molecule has 0 aromatic heterocycles. The third-order valence-corrected chi connectivity index (χ3v) is 5.73. The Bertz CT molecular complexity index is 925. The Morgan fingerprint density at radius 3 is 2.48 bits per heavy atom. The number of carbonyl (C=O) groups excluding carboxylic acids is 2. The SMILES string of the molecule is COc1ccc(CCC(=O)NC2CCN(C(=O)c3c(F)cccc3Cl)CC2)cc1OC. The number of halogens is 2. The summed E-state index contributed by atoms with van der Waals surface area (Å²) in [5, 5.41) is 3.14. The highest BCUT2D eigenvalue weighted by molar-refractivity contribution is 6.33. The van der Waals surface area contributed by atoms with Crippen LogP contribution in [0.1, 0.15) is 35.2 Å². The van der Waals surface area contributed by atoms with Crippen LogP contribution in [0.15, 0.2) is 36.4 Å². The van der Waals surface area contributed by atoms with Crippen LogP contribution in [0.3, 0.4) is 0 Å². The number of piperidine rings is 1. The van der Waals surface area contributed by atoms with E-state index in [1.54, 1.807) is 19.1 Å². The van der Waals surface area contributed by atoms with Crippen molar-refractivity contribution in [2.24, 2.45) is 0 Å². The molecule has 1 aliphatic heterocycles. The molecule has 2 aromatic rings. The van der Waals surface area contributed by atoms with E-state index in [9.17, 15) is 14.0 Å². The zero-order valence-corrected chi connectivity index (χ0v) is 18.4. The quantitative estimate of drug-likeness (QED) is 0.698. The van der Waals surface area contributed by atoms with Gasteiger partial charge >= 0.3 is 0 Å². The van der Waals surface area contributed by atoms with E-state index < -0.39 is 11.7 Å². The predicted molar refractivity (Wildman–Crippen MR) is 116 cm³/mol. The van der Waals surface area contributed by atoms with E-state index in [1.165, 1.54) is 18.2 Å². The molecule has 166 valence electrons. The van der Waals surface area contributed by atoms with Crippen LogP contribution in [0.25, 0.3) is 0 Å². The second-order valence-electron chi connectivity index (χ2n) is 7.42. The van der Waals surface area contributed by atoms with Crippen molar-refractivity contribution in [2.45, 2.75) is 31.7 Å². The molecule has 1 N–H and O–H groups in total. The lowest BCUT2D eigenvalue weighted by Crippen LogP contribution is -2.46. The van der Waals surface area contributed by atoms with Crippen LogP contribution in [-0.2, 0) is 11.2 Å². The van der Waals surface area contributed by atoms with Gasteiger partial charge in [0.2, 0.25) is 5.91 Å². The van der Waals surface area contributed by atoms with E-state index in [0.717, 1.165) is 5.56 Å². The van der Waals surface area contributed by atoms with E-state index >= 15 is 0 Å². The molecule has 1 saturated heterocycles. The van der Waals surface area contributed by atoms with Gasteiger partial charge in [0.05, 0.1) is 24.8 Å². The summed E-state index contributed by atoms with van der Waals surface area (Å²) in [5.41, 5.74) is 0.886. The number of benzene rings is 2. The topological polar surface area (TPSA) is 67.9 Å². The molecule has 0 saturated carbocycles. The number of hydrogen-bond donors (Lipinski definition) is 1. The number of aryl methyl sites for hydroxylation is 1. The van der Waals surface area contributed by atoms with Crippen LogP contribution < -0.4 is 14.8 Å². The van der Waals surface area contributed by atoms with Crippen LogP contribution in [-0.4, -0.2) is 50.1 Å². The Kier molecular flexibility index (Phi) is 7.74. The first-order valence-corrected chi connectivity index (χ1v) is 10.5. The molecule has 6 nitrogen and oxygen atoms in total. The Morgan fingerprint density at radius 2 is 1.84 bits per heavy atom. The fourth-order valence-electron chi connectivity index (χ4n) is 3.68. The smallest absolute Gasteiger partial charge is 0.258 e. The van der Waals surface area contributed by atoms with Gasteiger partial charge in [-0.15, -0.1) is 0 Å². The second-order valence-corrected chi connectivity index (χ2v) is 7.83. The molecule has 2 aromatic carbocycles. The summed E-state index contributed by atoms with van der Waals surface area (Å²) >= 11 is 6.00. The van der Waals surface area contributed by atoms with E-state index in [4.69, 9.17) is 21.1 Å². The van der Waals surface area contributed by atoms with Crippen molar-refractivity contribution in [1.82, 2.24) is 10.2 Å². The van der Waals surface area contributed by atoms with Gasteiger partial charge in [0.15, 0.2) is 11.5 Å². The Morgan fingerprint density at radius 1 is 1.13 bits per heavy atom. The molecular formula is C23H26ClFN2O4. The minimum absolute atomic E-state index is 0.0157. The molecule has 2 amide bonds. The van der Waals surface area contributed by atoms with Crippen molar-refractivity contribution in [3.63, 3.8) is 0 Å². The molecule has 1 fully saturated rings. The lowest BCUT2D eigenvalue weighted by Gasteiger charge is -2.32. The van der Waals surface area contributed by atoms with Gasteiger partial charge in [-0.05, 0) is 49.1 Å². The molecule has 3 rings (SSSR count). The molecule has 0 bridgehead atoms. The van der Waals surface area contributed by atoms with Crippen molar-refractivity contribution in [1.29, 1.82) is 0 Å². The van der Waals surface area contributed by atoms with E-state index in [1.807, 2.05) is 18.2 Å². The summed E-state index contributed by atoms with van der Waals surface area (Å²) in [4.78, 5) is 26.6. The van der Waals surface area contributed by atoms with Gasteiger partial charge in [-0.2, -0.15) is 0 Å². The molecule has 31 heavy (non-hydrogen) atoms. The molecule has 0 spiro atoms. The fraction of sp³-hybridized carbons (Fsp3) is 0.391. The Labute approximate surface area is 186 Å². The van der Waals surface area contributed by atoms with Crippen LogP contribution in [0.4, 0.5) is 4.39 Å². The van der Waals surface area contributed by atoms with Crippen LogP contribution in [0.2, 0.25) is 5.02 Å². The molecule has 1 aliphatic rings. The van der Waals surface area contributed by atoms with E-state index in [0.29, 0.717) is 50.3 Å². The van der Waals surface area contributed by atoms with Gasteiger partial charge in [0, 0.05) is 25.6 Å². The maximum Gasteiger partial charge on any atom is 0.258 e. The average molecular weight is 449 g/mol. The predicted octanol–water partition coefficient (Wildman–Crippen LogP) is 3.85.